The highest BCUT2D eigenvalue weighted by atomic mass is 79.9. The molecule has 0 saturated carbocycles. The number of benzene rings is 1. The van der Waals surface area contributed by atoms with E-state index in [1.54, 1.807) is 12.4 Å². The maximum absolute atomic E-state index is 12.4. The zero-order valence-corrected chi connectivity index (χ0v) is 22.2. The van der Waals surface area contributed by atoms with Crippen molar-refractivity contribution in [2.75, 3.05) is 26.3 Å². The molecule has 1 aromatic carbocycles. The molecular formula is C27H33BrFN3O3. The highest BCUT2D eigenvalue weighted by molar-refractivity contribution is 9.11. The van der Waals surface area contributed by atoms with Crippen LogP contribution < -0.4 is 9.47 Å². The number of hydrogen-bond acceptors (Lipinski definition) is 6. The quantitative estimate of drug-likeness (QED) is 0.327. The summed E-state index contributed by atoms with van der Waals surface area (Å²) in [7, 11) is 0. The number of alkyl halides is 1. The summed E-state index contributed by atoms with van der Waals surface area (Å²) >= 11 is 3.79. The molecule has 0 radical (unpaired) electrons. The first-order valence-electron chi connectivity index (χ1n) is 12.3. The fraction of sp³-hybridized carbons (Fsp3) is 0.519. The number of hydrogen-bond donors (Lipinski definition) is 0. The maximum atomic E-state index is 12.4. The van der Waals surface area contributed by atoms with E-state index in [1.165, 1.54) is 0 Å². The minimum absolute atomic E-state index is 0.0271. The van der Waals surface area contributed by atoms with Crippen molar-refractivity contribution in [3.63, 3.8) is 0 Å². The van der Waals surface area contributed by atoms with Gasteiger partial charge >= 0.3 is 12.0 Å². The summed E-state index contributed by atoms with van der Waals surface area (Å²) in [6, 6.07) is 6.19. The number of carbonyl (C=O) groups excluding carboxylic acids is 1. The van der Waals surface area contributed by atoms with Crippen LogP contribution in [0.5, 0.6) is 11.8 Å². The van der Waals surface area contributed by atoms with Gasteiger partial charge in [-0.15, -0.1) is 0 Å². The fourth-order valence-corrected chi connectivity index (χ4v) is 5.12. The van der Waals surface area contributed by atoms with Gasteiger partial charge in [0.1, 0.15) is 11.9 Å². The molecule has 1 unspecified atom stereocenters. The first-order chi connectivity index (χ1) is 16.7. The van der Waals surface area contributed by atoms with Crippen molar-refractivity contribution < 1.29 is 18.7 Å². The summed E-state index contributed by atoms with van der Waals surface area (Å²) in [5.74, 6) is 0.318. The molecule has 2 aromatic rings. The van der Waals surface area contributed by atoms with E-state index in [2.05, 4.69) is 30.8 Å². The van der Waals surface area contributed by atoms with Crippen LogP contribution in [0.3, 0.4) is 0 Å². The molecule has 0 N–H and O–H groups in total. The van der Waals surface area contributed by atoms with Gasteiger partial charge in [0.2, 0.25) is 0 Å². The average molecular weight is 546 g/mol. The number of allylic oxidation sites excluding steroid dienone is 1. The van der Waals surface area contributed by atoms with Crippen molar-refractivity contribution in [2.24, 2.45) is 5.41 Å². The molecule has 188 valence electrons. The largest absolute Gasteiger partial charge is 0.459 e. The number of ether oxygens (including phenoxy) is 2. The van der Waals surface area contributed by atoms with Crippen molar-refractivity contribution in [3.05, 3.63) is 51.8 Å². The van der Waals surface area contributed by atoms with Gasteiger partial charge in [0, 0.05) is 47.6 Å². The van der Waals surface area contributed by atoms with Gasteiger partial charge in [-0.25, -0.2) is 9.97 Å². The average Bonchev–Trinajstić information content (AvgIpc) is 3.19. The molecule has 0 amide bonds. The number of aryl methyl sites for hydroxylation is 1. The number of aromatic nitrogens is 2. The van der Waals surface area contributed by atoms with Crippen molar-refractivity contribution >= 4 is 27.5 Å². The van der Waals surface area contributed by atoms with Crippen LogP contribution in [0.15, 0.2) is 35.1 Å². The molecule has 35 heavy (non-hydrogen) atoms. The van der Waals surface area contributed by atoms with Gasteiger partial charge in [0.15, 0.2) is 0 Å². The highest BCUT2D eigenvalue weighted by Crippen LogP contribution is 2.39. The van der Waals surface area contributed by atoms with Gasteiger partial charge in [-0.1, -0.05) is 22.0 Å². The van der Waals surface area contributed by atoms with Gasteiger partial charge in [-0.2, -0.15) is 0 Å². The van der Waals surface area contributed by atoms with E-state index < -0.39 is 5.41 Å². The molecule has 6 nitrogen and oxygen atoms in total. The van der Waals surface area contributed by atoms with Crippen LogP contribution in [0.1, 0.15) is 63.1 Å². The molecule has 4 rings (SSSR count). The molecule has 1 aliphatic heterocycles. The molecule has 8 heteroatoms. The molecule has 1 fully saturated rings. The molecule has 0 spiro atoms. The predicted molar refractivity (Wildman–Crippen MR) is 138 cm³/mol. The SMILES string of the molecule is CC(C)(C)C(=O)Oc1ccc2c(c1)CCCC(Br)=C2c1cnc(OC2CCN(CCCF)C2)nc1. The Morgan fingerprint density at radius 3 is 2.71 bits per heavy atom. The van der Waals surface area contributed by atoms with E-state index in [1.807, 2.05) is 39.0 Å². The minimum atomic E-state index is -0.562. The van der Waals surface area contributed by atoms with Crippen LogP contribution in [0.25, 0.3) is 5.57 Å². The third-order valence-corrected chi connectivity index (χ3v) is 7.10. The van der Waals surface area contributed by atoms with Crippen LogP contribution in [-0.2, 0) is 11.2 Å². The second-order valence-electron chi connectivity index (χ2n) is 10.2. The summed E-state index contributed by atoms with van der Waals surface area (Å²) in [5.41, 5.74) is 3.61. The molecule has 1 atom stereocenters. The van der Waals surface area contributed by atoms with Gasteiger partial charge in [-0.05, 0) is 76.1 Å². The maximum Gasteiger partial charge on any atom is 0.316 e. The Kier molecular flexibility index (Phi) is 8.22. The van der Waals surface area contributed by atoms with Crippen LogP contribution >= 0.6 is 15.9 Å². The number of carbonyl (C=O) groups is 1. The second-order valence-corrected chi connectivity index (χ2v) is 11.2. The number of esters is 1. The van der Waals surface area contributed by atoms with E-state index in [4.69, 9.17) is 9.47 Å². The molecule has 1 saturated heterocycles. The number of halogens is 2. The summed E-state index contributed by atoms with van der Waals surface area (Å²) in [6.45, 7) is 7.70. The van der Waals surface area contributed by atoms with Crippen LogP contribution in [0, 0.1) is 5.41 Å². The number of likely N-dealkylation sites (tertiary alicyclic amines) is 1. The Balaban J connectivity index is 1.50. The Labute approximate surface area is 215 Å². The first kappa shape index (κ1) is 25.8. The highest BCUT2D eigenvalue weighted by Gasteiger charge is 2.26. The van der Waals surface area contributed by atoms with Gasteiger partial charge < -0.3 is 9.47 Å². The van der Waals surface area contributed by atoms with E-state index in [-0.39, 0.29) is 18.7 Å². The van der Waals surface area contributed by atoms with Gasteiger partial charge in [0.25, 0.3) is 0 Å². The second kappa shape index (κ2) is 11.2. The van der Waals surface area contributed by atoms with Crippen molar-refractivity contribution in [2.45, 2.75) is 59.0 Å². The zero-order valence-electron chi connectivity index (χ0n) is 20.7. The van der Waals surface area contributed by atoms with Gasteiger partial charge in [-0.3, -0.25) is 14.1 Å². The number of nitrogens with zero attached hydrogens (tertiary/aromatic N) is 3. The molecule has 0 bridgehead atoms. The molecule has 2 heterocycles. The topological polar surface area (TPSA) is 64.6 Å². The van der Waals surface area contributed by atoms with E-state index in [0.29, 0.717) is 18.2 Å². The standard InChI is InChI=1S/C27H33BrFN3O3/c1-27(2,3)25(33)34-20-8-9-22-18(14-20)6-4-7-23(28)24(22)19-15-30-26(31-16-19)35-21-10-13-32(17-21)12-5-11-29/h8-9,14-16,21H,4-7,10-13,17H2,1-3H3. The number of fused-ring (bicyclic) bond motifs is 1. The lowest BCUT2D eigenvalue weighted by Crippen LogP contribution is -2.26. The Bertz CT molecular complexity index is 1080. The van der Waals surface area contributed by atoms with Crippen LogP contribution in [0.2, 0.25) is 0 Å². The lowest BCUT2D eigenvalue weighted by atomic mass is 9.95. The zero-order chi connectivity index (χ0) is 25.0. The van der Waals surface area contributed by atoms with Crippen molar-refractivity contribution in [1.29, 1.82) is 0 Å². The lowest BCUT2D eigenvalue weighted by molar-refractivity contribution is -0.143. The Morgan fingerprint density at radius 2 is 2.00 bits per heavy atom. The van der Waals surface area contributed by atoms with Gasteiger partial charge in [0.05, 0.1) is 12.1 Å². The molecule has 1 aromatic heterocycles. The smallest absolute Gasteiger partial charge is 0.316 e. The summed E-state index contributed by atoms with van der Waals surface area (Å²) in [4.78, 5) is 23.5. The van der Waals surface area contributed by atoms with Crippen LogP contribution in [-0.4, -0.2) is 53.2 Å². The molecule has 1 aliphatic carbocycles. The Morgan fingerprint density at radius 1 is 1.23 bits per heavy atom. The summed E-state index contributed by atoms with van der Waals surface area (Å²) in [5, 5.41) is 0. The molecule has 2 aliphatic rings. The normalized spacial score (nSPS) is 18.8. The van der Waals surface area contributed by atoms with E-state index in [9.17, 15) is 9.18 Å². The predicted octanol–water partition coefficient (Wildman–Crippen LogP) is 5.73. The number of rotatable bonds is 7. The third-order valence-electron chi connectivity index (χ3n) is 6.31. The third kappa shape index (κ3) is 6.47. The fourth-order valence-electron chi connectivity index (χ4n) is 4.40. The summed E-state index contributed by atoms with van der Waals surface area (Å²) < 4.78 is 25.2. The van der Waals surface area contributed by atoms with Crippen molar-refractivity contribution in [1.82, 2.24) is 14.9 Å². The van der Waals surface area contributed by atoms with Crippen molar-refractivity contribution in [3.8, 4) is 11.8 Å². The molecular weight excluding hydrogens is 513 g/mol. The van der Waals surface area contributed by atoms with Crippen LogP contribution in [0.4, 0.5) is 4.39 Å². The lowest BCUT2D eigenvalue weighted by Gasteiger charge is -2.18. The Hall–Kier alpha value is -2.32. The first-order valence-corrected chi connectivity index (χ1v) is 13.1. The minimum Gasteiger partial charge on any atom is -0.459 e. The summed E-state index contributed by atoms with van der Waals surface area (Å²) in [6.07, 6.45) is 7.85. The van der Waals surface area contributed by atoms with E-state index in [0.717, 1.165) is 72.1 Å². The monoisotopic (exact) mass is 545 g/mol. The van der Waals surface area contributed by atoms with E-state index >= 15 is 0 Å².